The fourth-order valence-electron chi connectivity index (χ4n) is 2.35. The number of hydrogen-bond acceptors (Lipinski definition) is 2. The summed E-state index contributed by atoms with van der Waals surface area (Å²) in [5, 5.41) is 3.66. The summed E-state index contributed by atoms with van der Waals surface area (Å²) in [6.07, 6.45) is 7.52. The largest absolute Gasteiger partial charge is 0.382 e. The first kappa shape index (κ1) is 11.8. The monoisotopic (exact) mass is 235 g/mol. The van der Waals surface area contributed by atoms with E-state index in [4.69, 9.17) is 0 Å². The number of thioether (sulfide) groups is 1. The summed E-state index contributed by atoms with van der Waals surface area (Å²) < 4.78 is 0. The Bertz CT molecular complexity index is 329. The molecule has 1 aliphatic carbocycles. The van der Waals surface area contributed by atoms with E-state index in [9.17, 15) is 0 Å². The van der Waals surface area contributed by atoms with Gasteiger partial charge in [0.1, 0.15) is 0 Å². The molecule has 0 bridgehead atoms. The normalized spacial score (nSPS) is 25.4. The summed E-state index contributed by atoms with van der Waals surface area (Å²) in [4.78, 5) is 1.34. The Kier molecular flexibility index (Phi) is 4.16. The Morgan fingerprint density at radius 2 is 1.94 bits per heavy atom. The number of rotatable bonds is 3. The number of anilines is 1. The van der Waals surface area contributed by atoms with Crippen molar-refractivity contribution < 1.29 is 0 Å². The number of hydrogen-bond donors (Lipinski definition) is 1. The molecule has 16 heavy (non-hydrogen) atoms. The van der Waals surface area contributed by atoms with Crippen molar-refractivity contribution in [1.82, 2.24) is 0 Å². The van der Waals surface area contributed by atoms with Crippen LogP contribution in [0.3, 0.4) is 0 Å². The van der Waals surface area contributed by atoms with E-state index in [-0.39, 0.29) is 0 Å². The zero-order valence-corrected chi connectivity index (χ0v) is 11.0. The van der Waals surface area contributed by atoms with Crippen LogP contribution in [0.4, 0.5) is 5.69 Å². The van der Waals surface area contributed by atoms with Gasteiger partial charge >= 0.3 is 0 Å². The van der Waals surface area contributed by atoms with E-state index in [0.717, 1.165) is 5.92 Å². The molecular formula is C14H21NS. The molecule has 2 rings (SSSR count). The second-order valence-electron chi connectivity index (χ2n) is 4.83. The van der Waals surface area contributed by atoms with Gasteiger partial charge in [-0.25, -0.2) is 0 Å². The summed E-state index contributed by atoms with van der Waals surface area (Å²) in [5.41, 5.74) is 1.28. The number of nitrogens with one attached hydrogen (secondary N) is 1. The Morgan fingerprint density at radius 3 is 2.62 bits per heavy atom. The minimum Gasteiger partial charge on any atom is -0.382 e. The first-order valence-corrected chi connectivity index (χ1v) is 7.41. The second-order valence-corrected chi connectivity index (χ2v) is 5.71. The molecule has 0 spiro atoms. The molecule has 0 unspecified atom stereocenters. The second kappa shape index (κ2) is 5.62. The van der Waals surface area contributed by atoms with Crippen molar-refractivity contribution in [2.45, 2.75) is 43.5 Å². The van der Waals surface area contributed by atoms with E-state index in [1.807, 2.05) is 0 Å². The fourth-order valence-corrected chi connectivity index (χ4v) is 2.81. The minimum absolute atomic E-state index is 0.688. The Labute approximate surface area is 103 Å². The molecule has 1 aromatic carbocycles. The molecule has 1 aromatic rings. The standard InChI is InChI=1S/C14H21NS/c1-11-6-8-12(9-7-11)15-13-4-3-5-14(10-13)16-2/h3-5,10-12,15H,6-9H2,1-2H3. The molecule has 1 nitrogen and oxygen atoms in total. The highest BCUT2D eigenvalue weighted by Gasteiger charge is 2.17. The lowest BCUT2D eigenvalue weighted by molar-refractivity contribution is 0.361. The first-order chi connectivity index (χ1) is 7.78. The average molecular weight is 235 g/mol. The lowest BCUT2D eigenvalue weighted by Gasteiger charge is -2.27. The van der Waals surface area contributed by atoms with Crippen LogP contribution in [0.2, 0.25) is 0 Å². The minimum atomic E-state index is 0.688. The van der Waals surface area contributed by atoms with Crippen LogP contribution in [0.15, 0.2) is 29.2 Å². The van der Waals surface area contributed by atoms with Gasteiger partial charge in [-0.05, 0) is 56.1 Å². The SMILES string of the molecule is CSc1cccc(NC2CCC(C)CC2)c1. The molecule has 1 saturated carbocycles. The van der Waals surface area contributed by atoms with Crippen LogP contribution in [-0.4, -0.2) is 12.3 Å². The zero-order chi connectivity index (χ0) is 11.4. The summed E-state index contributed by atoms with van der Waals surface area (Å²) in [6.45, 7) is 2.37. The van der Waals surface area contributed by atoms with E-state index in [2.05, 4.69) is 42.8 Å². The Balaban J connectivity index is 1.93. The maximum Gasteiger partial charge on any atom is 0.0353 e. The van der Waals surface area contributed by atoms with Crippen LogP contribution >= 0.6 is 11.8 Å². The quantitative estimate of drug-likeness (QED) is 0.779. The van der Waals surface area contributed by atoms with Crippen molar-refractivity contribution in [1.29, 1.82) is 0 Å². The predicted molar refractivity (Wildman–Crippen MR) is 73.3 cm³/mol. The Morgan fingerprint density at radius 1 is 1.19 bits per heavy atom. The van der Waals surface area contributed by atoms with E-state index in [1.165, 1.54) is 36.3 Å². The first-order valence-electron chi connectivity index (χ1n) is 6.18. The highest BCUT2D eigenvalue weighted by Crippen LogP contribution is 2.27. The molecule has 0 saturated heterocycles. The van der Waals surface area contributed by atoms with Crippen LogP contribution in [0, 0.1) is 5.92 Å². The van der Waals surface area contributed by atoms with Crippen molar-refractivity contribution in [3.05, 3.63) is 24.3 Å². The van der Waals surface area contributed by atoms with Gasteiger partial charge in [0.15, 0.2) is 0 Å². The summed E-state index contributed by atoms with van der Waals surface area (Å²) in [6, 6.07) is 9.42. The van der Waals surface area contributed by atoms with Crippen LogP contribution in [-0.2, 0) is 0 Å². The molecule has 0 radical (unpaired) electrons. The van der Waals surface area contributed by atoms with Gasteiger partial charge in [-0.2, -0.15) is 0 Å². The van der Waals surface area contributed by atoms with Gasteiger partial charge in [-0.15, -0.1) is 11.8 Å². The van der Waals surface area contributed by atoms with Crippen LogP contribution in [0.1, 0.15) is 32.6 Å². The van der Waals surface area contributed by atoms with Gasteiger partial charge in [0, 0.05) is 16.6 Å². The molecule has 2 heteroatoms. The van der Waals surface area contributed by atoms with Crippen LogP contribution < -0.4 is 5.32 Å². The van der Waals surface area contributed by atoms with Crippen molar-refractivity contribution >= 4 is 17.4 Å². The number of benzene rings is 1. The molecular weight excluding hydrogens is 214 g/mol. The molecule has 1 N–H and O–H groups in total. The lowest BCUT2D eigenvalue weighted by Crippen LogP contribution is -2.25. The highest BCUT2D eigenvalue weighted by molar-refractivity contribution is 7.98. The van der Waals surface area contributed by atoms with Crippen molar-refractivity contribution in [3.63, 3.8) is 0 Å². The van der Waals surface area contributed by atoms with E-state index < -0.39 is 0 Å². The molecule has 1 fully saturated rings. The summed E-state index contributed by atoms with van der Waals surface area (Å²) in [7, 11) is 0. The Hall–Kier alpha value is -0.630. The molecule has 0 aliphatic heterocycles. The van der Waals surface area contributed by atoms with Gasteiger partial charge in [0.2, 0.25) is 0 Å². The molecule has 0 aromatic heterocycles. The fraction of sp³-hybridized carbons (Fsp3) is 0.571. The third kappa shape index (κ3) is 3.18. The molecule has 0 amide bonds. The zero-order valence-electron chi connectivity index (χ0n) is 10.2. The van der Waals surface area contributed by atoms with Crippen molar-refractivity contribution in [3.8, 4) is 0 Å². The lowest BCUT2D eigenvalue weighted by atomic mass is 9.87. The third-order valence-corrected chi connectivity index (χ3v) is 4.18. The molecule has 1 aliphatic rings. The summed E-state index contributed by atoms with van der Waals surface area (Å²) >= 11 is 1.81. The van der Waals surface area contributed by atoms with Crippen LogP contribution in [0.25, 0.3) is 0 Å². The van der Waals surface area contributed by atoms with E-state index >= 15 is 0 Å². The van der Waals surface area contributed by atoms with Crippen molar-refractivity contribution in [2.75, 3.05) is 11.6 Å². The van der Waals surface area contributed by atoms with Gasteiger partial charge in [0.05, 0.1) is 0 Å². The smallest absolute Gasteiger partial charge is 0.0353 e. The maximum absolute atomic E-state index is 3.66. The van der Waals surface area contributed by atoms with Crippen molar-refractivity contribution in [2.24, 2.45) is 5.92 Å². The van der Waals surface area contributed by atoms with Gasteiger partial charge < -0.3 is 5.32 Å². The van der Waals surface area contributed by atoms with Gasteiger partial charge in [-0.1, -0.05) is 13.0 Å². The summed E-state index contributed by atoms with van der Waals surface area (Å²) in [5.74, 6) is 0.926. The third-order valence-electron chi connectivity index (χ3n) is 3.46. The van der Waals surface area contributed by atoms with E-state index in [0.29, 0.717) is 6.04 Å². The topological polar surface area (TPSA) is 12.0 Å². The molecule has 88 valence electrons. The maximum atomic E-state index is 3.66. The van der Waals surface area contributed by atoms with E-state index in [1.54, 1.807) is 11.8 Å². The van der Waals surface area contributed by atoms with Gasteiger partial charge in [0.25, 0.3) is 0 Å². The predicted octanol–water partition coefficient (Wildman–Crippen LogP) is 4.40. The molecule has 0 heterocycles. The van der Waals surface area contributed by atoms with Crippen LogP contribution in [0.5, 0.6) is 0 Å². The highest BCUT2D eigenvalue weighted by atomic mass is 32.2. The average Bonchev–Trinajstić information content (AvgIpc) is 2.32. The molecule has 0 atom stereocenters. The van der Waals surface area contributed by atoms with Gasteiger partial charge in [-0.3, -0.25) is 0 Å².